The SMILES string of the molecule is O=C1CC[C@H](C(=O)N2CCC(CN3CCc4ccccc43)CC2)N1. The van der Waals surface area contributed by atoms with Crippen LogP contribution >= 0.6 is 0 Å². The molecule has 2 amide bonds. The molecule has 1 atom stereocenters. The zero-order valence-corrected chi connectivity index (χ0v) is 14.0. The molecule has 128 valence electrons. The third kappa shape index (κ3) is 2.99. The van der Waals surface area contributed by atoms with Gasteiger partial charge in [-0.25, -0.2) is 0 Å². The van der Waals surface area contributed by atoms with Crippen molar-refractivity contribution in [3.05, 3.63) is 29.8 Å². The normalized spacial score (nSPS) is 24.2. The Morgan fingerprint density at radius 2 is 1.88 bits per heavy atom. The Labute approximate surface area is 143 Å². The molecule has 0 unspecified atom stereocenters. The van der Waals surface area contributed by atoms with Gasteiger partial charge in [0.15, 0.2) is 0 Å². The Morgan fingerprint density at radius 3 is 2.62 bits per heavy atom. The zero-order chi connectivity index (χ0) is 16.5. The topological polar surface area (TPSA) is 52.7 Å². The summed E-state index contributed by atoms with van der Waals surface area (Å²) in [7, 11) is 0. The van der Waals surface area contributed by atoms with E-state index in [-0.39, 0.29) is 17.9 Å². The van der Waals surface area contributed by atoms with Gasteiger partial charge in [-0.15, -0.1) is 0 Å². The summed E-state index contributed by atoms with van der Waals surface area (Å²) in [4.78, 5) is 28.2. The highest BCUT2D eigenvalue weighted by molar-refractivity contribution is 5.90. The van der Waals surface area contributed by atoms with Crippen molar-refractivity contribution in [2.24, 2.45) is 5.92 Å². The van der Waals surface area contributed by atoms with E-state index in [0.717, 1.165) is 45.4 Å². The molecule has 5 nitrogen and oxygen atoms in total. The maximum absolute atomic E-state index is 12.5. The van der Waals surface area contributed by atoms with E-state index in [9.17, 15) is 9.59 Å². The van der Waals surface area contributed by atoms with Crippen LogP contribution in [0.25, 0.3) is 0 Å². The molecule has 0 aliphatic carbocycles. The molecule has 1 aromatic carbocycles. The number of carbonyl (C=O) groups is 2. The molecule has 0 aromatic heterocycles. The molecular formula is C19H25N3O2. The summed E-state index contributed by atoms with van der Waals surface area (Å²) in [6, 6.07) is 8.42. The number of piperidine rings is 1. The molecule has 3 aliphatic rings. The average molecular weight is 327 g/mol. The van der Waals surface area contributed by atoms with Crippen molar-refractivity contribution in [1.82, 2.24) is 10.2 Å². The molecule has 0 radical (unpaired) electrons. The fraction of sp³-hybridized carbons (Fsp3) is 0.579. The molecule has 0 bridgehead atoms. The number of rotatable bonds is 3. The average Bonchev–Trinajstić information content (AvgIpc) is 3.22. The van der Waals surface area contributed by atoms with Gasteiger partial charge in [0.2, 0.25) is 11.8 Å². The van der Waals surface area contributed by atoms with Crippen molar-refractivity contribution in [2.75, 3.05) is 31.1 Å². The fourth-order valence-corrected chi connectivity index (χ4v) is 4.26. The number of benzene rings is 1. The van der Waals surface area contributed by atoms with E-state index in [1.165, 1.54) is 11.3 Å². The molecule has 4 rings (SSSR count). The van der Waals surface area contributed by atoms with E-state index in [1.54, 1.807) is 0 Å². The van der Waals surface area contributed by atoms with Gasteiger partial charge in [-0.2, -0.15) is 0 Å². The molecule has 2 fully saturated rings. The van der Waals surface area contributed by atoms with Gasteiger partial charge in [-0.05, 0) is 43.2 Å². The minimum Gasteiger partial charge on any atom is -0.371 e. The molecule has 3 aliphatic heterocycles. The number of hydrogen-bond acceptors (Lipinski definition) is 3. The van der Waals surface area contributed by atoms with Gasteiger partial charge in [0, 0.05) is 38.3 Å². The van der Waals surface area contributed by atoms with Gasteiger partial charge in [-0.1, -0.05) is 18.2 Å². The molecule has 5 heteroatoms. The molecule has 3 heterocycles. The number of fused-ring (bicyclic) bond motifs is 1. The van der Waals surface area contributed by atoms with E-state index in [0.29, 0.717) is 18.8 Å². The maximum atomic E-state index is 12.5. The number of nitrogens with zero attached hydrogens (tertiary/aromatic N) is 2. The van der Waals surface area contributed by atoms with Crippen LogP contribution in [0.15, 0.2) is 24.3 Å². The number of anilines is 1. The van der Waals surface area contributed by atoms with Crippen molar-refractivity contribution < 1.29 is 9.59 Å². The number of hydrogen-bond donors (Lipinski definition) is 1. The minimum absolute atomic E-state index is 0.0101. The predicted molar refractivity (Wildman–Crippen MR) is 92.8 cm³/mol. The van der Waals surface area contributed by atoms with E-state index < -0.39 is 0 Å². The summed E-state index contributed by atoms with van der Waals surface area (Å²) in [6.45, 7) is 3.86. The van der Waals surface area contributed by atoms with Gasteiger partial charge >= 0.3 is 0 Å². The molecule has 1 N–H and O–H groups in total. The van der Waals surface area contributed by atoms with Crippen LogP contribution in [-0.4, -0.2) is 48.9 Å². The van der Waals surface area contributed by atoms with Crippen LogP contribution in [0.5, 0.6) is 0 Å². The quantitative estimate of drug-likeness (QED) is 0.917. The van der Waals surface area contributed by atoms with Gasteiger partial charge in [-0.3, -0.25) is 9.59 Å². The van der Waals surface area contributed by atoms with Gasteiger partial charge < -0.3 is 15.1 Å². The summed E-state index contributed by atoms with van der Waals surface area (Å²) < 4.78 is 0. The maximum Gasteiger partial charge on any atom is 0.245 e. The van der Waals surface area contributed by atoms with Crippen molar-refractivity contribution in [1.29, 1.82) is 0 Å². The molecular weight excluding hydrogens is 302 g/mol. The van der Waals surface area contributed by atoms with Crippen LogP contribution in [0.1, 0.15) is 31.2 Å². The van der Waals surface area contributed by atoms with E-state index in [4.69, 9.17) is 0 Å². The third-order valence-corrected chi connectivity index (χ3v) is 5.68. The summed E-state index contributed by atoms with van der Waals surface area (Å²) in [5.41, 5.74) is 2.85. The Balaban J connectivity index is 1.29. The Morgan fingerprint density at radius 1 is 1.08 bits per heavy atom. The van der Waals surface area contributed by atoms with Gasteiger partial charge in [0.05, 0.1) is 0 Å². The van der Waals surface area contributed by atoms with Crippen molar-refractivity contribution in [3.8, 4) is 0 Å². The smallest absolute Gasteiger partial charge is 0.245 e. The highest BCUT2D eigenvalue weighted by Gasteiger charge is 2.33. The monoisotopic (exact) mass is 327 g/mol. The second-order valence-corrected chi connectivity index (χ2v) is 7.25. The zero-order valence-electron chi connectivity index (χ0n) is 14.0. The lowest BCUT2D eigenvalue weighted by atomic mass is 9.95. The van der Waals surface area contributed by atoms with Crippen molar-refractivity contribution >= 4 is 17.5 Å². The van der Waals surface area contributed by atoms with E-state index >= 15 is 0 Å². The summed E-state index contributed by atoms with van der Waals surface area (Å²) in [5, 5.41) is 2.79. The lowest BCUT2D eigenvalue weighted by Crippen LogP contribution is -2.48. The Hall–Kier alpha value is -2.04. The van der Waals surface area contributed by atoms with E-state index in [2.05, 4.69) is 34.5 Å². The van der Waals surface area contributed by atoms with Crippen molar-refractivity contribution in [3.63, 3.8) is 0 Å². The van der Waals surface area contributed by atoms with Crippen LogP contribution in [-0.2, 0) is 16.0 Å². The first kappa shape index (κ1) is 15.5. The largest absolute Gasteiger partial charge is 0.371 e. The Kier molecular flexibility index (Phi) is 4.17. The van der Waals surface area contributed by atoms with Crippen LogP contribution in [0.4, 0.5) is 5.69 Å². The van der Waals surface area contributed by atoms with Crippen LogP contribution in [0, 0.1) is 5.92 Å². The fourth-order valence-electron chi connectivity index (χ4n) is 4.26. The van der Waals surface area contributed by atoms with Crippen LogP contribution in [0.2, 0.25) is 0 Å². The minimum atomic E-state index is -0.278. The second-order valence-electron chi connectivity index (χ2n) is 7.25. The number of nitrogens with one attached hydrogen (secondary N) is 1. The predicted octanol–water partition coefficient (Wildman–Crippen LogP) is 1.57. The van der Waals surface area contributed by atoms with E-state index in [1.807, 2.05) is 4.90 Å². The van der Waals surface area contributed by atoms with Gasteiger partial charge in [0.1, 0.15) is 6.04 Å². The lowest BCUT2D eigenvalue weighted by Gasteiger charge is -2.35. The second kappa shape index (κ2) is 6.46. The Bertz CT molecular complexity index is 637. The number of para-hydroxylation sites is 1. The molecule has 24 heavy (non-hydrogen) atoms. The number of likely N-dealkylation sites (tertiary alicyclic amines) is 1. The molecule has 0 spiro atoms. The van der Waals surface area contributed by atoms with Crippen LogP contribution in [0.3, 0.4) is 0 Å². The van der Waals surface area contributed by atoms with Gasteiger partial charge in [0.25, 0.3) is 0 Å². The highest BCUT2D eigenvalue weighted by atomic mass is 16.2. The van der Waals surface area contributed by atoms with Crippen LogP contribution < -0.4 is 10.2 Å². The standard InChI is InChI=1S/C19H25N3O2/c23-18-6-5-16(20-18)19(24)21-10-7-14(8-11-21)13-22-12-9-15-3-1-2-4-17(15)22/h1-4,14,16H,5-13H2,(H,20,23)/t16-/m1/s1. The number of amides is 2. The lowest BCUT2D eigenvalue weighted by molar-refractivity contribution is -0.135. The molecule has 1 aromatic rings. The first-order valence-electron chi connectivity index (χ1n) is 9.12. The highest BCUT2D eigenvalue weighted by Crippen LogP contribution is 2.30. The first-order valence-corrected chi connectivity index (χ1v) is 9.12. The molecule has 2 saturated heterocycles. The first-order chi connectivity index (χ1) is 11.7. The summed E-state index contributed by atoms with van der Waals surface area (Å²) in [6.07, 6.45) is 4.41. The number of carbonyl (C=O) groups excluding carboxylic acids is 2. The third-order valence-electron chi connectivity index (χ3n) is 5.68. The molecule has 0 saturated carbocycles. The summed E-state index contributed by atoms with van der Waals surface area (Å²) in [5.74, 6) is 0.778. The summed E-state index contributed by atoms with van der Waals surface area (Å²) >= 11 is 0. The van der Waals surface area contributed by atoms with Crippen molar-refractivity contribution in [2.45, 2.75) is 38.1 Å².